The molecule has 0 amide bonds. The van der Waals surface area contributed by atoms with Gasteiger partial charge >= 0.3 is 0 Å². The fourth-order valence-corrected chi connectivity index (χ4v) is 9.46. The topological polar surface area (TPSA) is 92.6 Å². The van der Waals surface area contributed by atoms with Gasteiger partial charge in [-0.3, -0.25) is 9.80 Å². The van der Waals surface area contributed by atoms with Gasteiger partial charge in [0, 0.05) is 78.9 Å². The van der Waals surface area contributed by atoms with Crippen molar-refractivity contribution in [2.45, 2.75) is 70.4 Å². The molecule has 1 aromatic carbocycles. The van der Waals surface area contributed by atoms with E-state index < -0.39 is 0 Å². The second-order valence-electron chi connectivity index (χ2n) is 15.8. The molecule has 2 aromatic heterocycles. The van der Waals surface area contributed by atoms with E-state index in [4.69, 9.17) is 9.47 Å². The number of rotatable bonds is 9. The van der Waals surface area contributed by atoms with E-state index in [-0.39, 0.29) is 11.2 Å². The maximum atomic E-state index is 14.6. The van der Waals surface area contributed by atoms with Crippen LogP contribution in [0.25, 0.3) is 11.1 Å². The smallest absolute Gasteiger partial charge is 0.282 e. The van der Waals surface area contributed by atoms with Crippen LogP contribution in [0, 0.1) is 28.5 Å². The van der Waals surface area contributed by atoms with Crippen LogP contribution in [0.15, 0.2) is 37.1 Å². The molecule has 2 aliphatic carbocycles. The summed E-state index contributed by atoms with van der Waals surface area (Å²) in [6.07, 6.45) is 12.1. The van der Waals surface area contributed by atoms with Gasteiger partial charge in [-0.2, -0.15) is 0 Å². The van der Waals surface area contributed by atoms with Crippen molar-refractivity contribution in [3.05, 3.63) is 48.6 Å². The van der Waals surface area contributed by atoms with Crippen LogP contribution in [0.1, 0.15) is 64.0 Å². The Kier molecular flexibility index (Phi) is 7.24. The normalized spacial score (nSPS) is 27.2. The Morgan fingerprint density at radius 1 is 0.957 bits per heavy atom. The van der Waals surface area contributed by atoms with E-state index in [9.17, 15) is 4.39 Å². The number of likely N-dealkylation sites (tertiary alicyclic amines) is 2. The number of hydrogen-bond donors (Lipinski definition) is 0. The van der Waals surface area contributed by atoms with Crippen molar-refractivity contribution in [2.75, 3.05) is 57.4 Å². The highest BCUT2D eigenvalue weighted by Gasteiger charge is 2.54. The average molecular weight is 641 g/mol. The zero-order valence-corrected chi connectivity index (χ0v) is 27.5. The lowest BCUT2D eigenvalue weighted by molar-refractivity contribution is -0.112. The minimum Gasteiger partial charge on any atom is -0.434 e. The first-order valence-electron chi connectivity index (χ1n) is 17.6. The maximum Gasteiger partial charge on any atom is 0.282 e. The van der Waals surface area contributed by atoms with Crippen molar-refractivity contribution in [1.29, 1.82) is 0 Å². The van der Waals surface area contributed by atoms with Crippen molar-refractivity contribution < 1.29 is 13.9 Å². The molecule has 0 unspecified atom stereocenters. The van der Waals surface area contributed by atoms with Crippen LogP contribution in [0.2, 0.25) is 0 Å². The predicted octanol–water partition coefficient (Wildman–Crippen LogP) is 5.18. The third-order valence-electron chi connectivity index (χ3n) is 12.1. The van der Waals surface area contributed by atoms with Crippen molar-refractivity contribution in [3.63, 3.8) is 0 Å². The van der Waals surface area contributed by atoms with Crippen molar-refractivity contribution in [3.8, 4) is 22.8 Å². The molecule has 0 bridgehead atoms. The summed E-state index contributed by atoms with van der Waals surface area (Å²) in [6.45, 7) is 13.3. The van der Waals surface area contributed by atoms with Crippen LogP contribution in [0.5, 0.6) is 11.6 Å². The molecule has 3 aromatic rings. The minimum atomic E-state index is -0.336. The summed E-state index contributed by atoms with van der Waals surface area (Å²) >= 11 is 0. The molecular weight excluding hydrogens is 595 g/mol. The highest BCUT2D eigenvalue weighted by atomic mass is 19.1. The van der Waals surface area contributed by atoms with Gasteiger partial charge in [-0.05, 0) is 75.1 Å². The van der Waals surface area contributed by atoms with Crippen molar-refractivity contribution >= 4 is 5.82 Å². The quantitative estimate of drug-likeness (QED) is 0.312. The fourth-order valence-electron chi connectivity index (χ4n) is 9.46. The lowest BCUT2D eigenvalue weighted by Crippen LogP contribution is -2.65. The Labute approximate surface area is 276 Å². The average Bonchev–Trinajstić information content (AvgIpc) is 3.60. The first-order valence-corrected chi connectivity index (χ1v) is 17.6. The third kappa shape index (κ3) is 5.38. The van der Waals surface area contributed by atoms with E-state index >= 15 is 0 Å². The molecule has 4 saturated heterocycles. The molecule has 2 saturated carbocycles. The number of nitrogens with zero attached hydrogens (tertiary/aromatic N) is 8. The standard InChI is InChI=1S/C36H45FN8O2/c1-23(2)32(25-11-27(12-25)43-9-8-36(18-43)19-46-20-36)45-16-35(17-45)7-10-44(15-35)33-34(42-41-22-40-33)47-30-6-5-26(37)13-28(30)29-14-38-21-39-31(29)24-3-4-24/h5-6,13-14,21-25,27,32H,3-4,7-12,15-20H2,1-2H3/t25?,27?,32-/m1/s1. The van der Waals surface area contributed by atoms with E-state index in [1.165, 1.54) is 50.8 Å². The summed E-state index contributed by atoms with van der Waals surface area (Å²) in [5.41, 5.74) is 3.09. The molecule has 6 fully saturated rings. The predicted molar refractivity (Wildman–Crippen MR) is 175 cm³/mol. The molecule has 9 rings (SSSR count). The van der Waals surface area contributed by atoms with E-state index in [1.54, 1.807) is 18.6 Å². The Bertz CT molecular complexity index is 1630. The molecule has 6 aliphatic rings. The number of benzene rings is 1. The first kappa shape index (κ1) is 29.8. The van der Waals surface area contributed by atoms with Crippen LogP contribution < -0.4 is 9.64 Å². The summed E-state index contributed by atoms with van der Waals surface area (Å²) in [5, 5.41) is 8.45. The molecule has 47 heavy (non-hydrogen) atoms. The van der Waals surface area contributed by atoms with E-state index in [0.29, 0.717) is 46.3 Å². The van der Waals surface area contributed by atoms with Gasteiger partial charge in [-0.25, -0.2) is 19.3 Å². The summed E-state index contributed by atoms with van der Waals surface area (Å²) < 4.78 is 26.6. The van der Waals surface area contributed by atoms with Gasteiger partial charge < -0.3 is 14.4 Å². The molecule has 0 radical (unpaired) electrons. The van der Waals surface area contributed by atoms with Gasteiger partial charge in [-0.1, -0.05) is 13.8 Å². The highest BCUT2D eigenvalue weighted by molar-refractivity contribution is 5.73. The number of ether oxygens (including phenoxy) is 2. The van der Waals surface area contributed by atoms with Crippen LogP contribution >= 0.6 is 0 Å². The molecule has 11 heteroatoms. The maximum absolute atomic E-state index is 14.6. The second-order valence-corrected chi connectivity index (χ2v) is 15.8. The Morgan fingerprint density at radius 2 is 1.79 bits per heavy atom. The molecule has 248 valence electrons. The Hall–Kier alpha value is -3.28. The van der Waals surface area contributed by atoms with Gasteiger partial charge in [0.15, 0.2) is 5.82 Å². The van der Waals surface area contributed by atoms with Crippen LogP contribution in [0.4, 0.5) is 10.2 Å². The highest BCUT2D eigenvalue weighted by Crippen LogP contribution is 2.50. The lowest BCUT2D eigenvalue weighted by atomic mass is 9.68. The van der Waals surface area contributed by atoms with Crippen LogP contribution in [0.3, 0.4) is 0 Å². The number of hydrogen-bond acceptors (Lipinski definition) is 10. The number of halogens is 1. The zero-order valence-electron chi connectivity index (χ0n) is 27.5. The summed E-state index contributed by atoms with van der Waals surface area (Å²) in [7, 11) is 0. The van der Waals surface area contributed by atoms with E-state index in [1.807, 2.05) is 0 Å². The summed E-state index contributed by atoms with van der Waals surface area (Å²) in [5.74, 6) is 3.01. The largest absolute Gasteiger partial charge is 0.434 e. The van der Waals surface area contributed by atoms with Crippen molar-refractivity contribution in [1.82, 2.24) is 34.9 Å². The van der Waals surface area contributed by atoms with E-state index in [2.05, 4.69) is 53.7 Å². The Balaban J connectivity index is 0.870. The lowest BCUT2D eigenvalue weighted by Gasteiger charge is -2.57. The molecular formula is C36H45FN8O2. The fraction of sp³-hybridized carbons (Fsp3) is 0.639. The van der Waals surface area contributed by atoms with Crippen LogP contribution in [-0.2, 0) is 4.74 Å². The molecule has 2 spiro atoms. The zero-order chi connectivity index (χ0) is 31.8. The van der Waals surface area contributed by atoms with Gasteiger partial charge in [0.2, 0.25) is 0 Å². The molecule has 1 atom stereocenters. The van der Waals surface area contributed by atoms with Gasteiger partial charge in [0.05, 0.1) is 18.9 Å². The van der Waals surface area contributed by atoms with Crippen molar-refractivity contribution in [2.24, 2.45) is 22.7 Å². The summed E-state index contributed by atoms with van der Waals surface area (Å²) in [6, 6.07) is 5.98. The Morgan fingerprint density at radius 3 is 2.53 bits per heavy atom. The van der Waals surface area contributed by atoms with Crippen LogP contribution in [-0.4, -0.2) is 99.5 Å². The molecule has 10 nitrogen and oxygen atoms in total. The van der Waals surface area contributed by atoms with E-state index in [0.717, 1.165) is 81.9 Å². The monoisotopic (exact) mass is 640 g/mol. The molecule has 4 aliphatic heterocycles. The van der Waals surface area contributed by atoms with Gasteiger partial charge in [-0.15, -0.1) is 10.2 Å². The van der Waals surface area contributed by atoms with Gasteiger partial charge in [0.25, 0.3) is 5.88 Å². The summed E-state index contributed by atoms with van der Waals surface area (Å²) in [4.78, 5) is 21.3. The molecule has 6 heterocycles. The van der Waals surface area contributed by atoms with Gasteiger partial charge in [0.1, 0.15) is 24.2 Å². The number of anilines is 1. The number of aromatic nitrogens is 5. The SMILES string of the molecule is CC(C)[C@H](C1CC(N2CCC3(COC3)C2)C1)N1CC2(CCN(c3ncnnc3Oc3ccc(F)cc3-c3cncnc3C3CC3)C2)C1. The third-order valence-corrected chi connectivity index (χ3v) is 12.1. The first-order chi connectivity index (χ1) is 22.9. The minimum absolute atomic E-state index is 0.256. The molecule has 0 N–H and O–H groups in total. The second kappa shape index (κ2) is 11.4.